The van der Waals surface area contributed by atoms with E-state index in [-0.39, 0.29) is 12.0 Å². The molecule has 4 nitrogen and oxygen atoms in total. The molecular formula is C14H21NO3. The highest BCUT2D eigenvalue weighted by atomic mass is 16.5. The minimum absolute atomic E-state index is 0.238. The molecule has 1 aromatic rings. The van der Waals surface area contributed by atoms with E-state index in [1.54, 1.807) is 13.2 Å². The molecular weight excluding hydrogens is 230 g/mol. The Morgan fingerprint density at radius 3 is 2.67 bits per heavy atom. The zero-order valence-electron chi connectivity index (χ0n) is 11.4. The van der Waals surface area contributed by atoms with E-state index < -0.39 is 0 Å². The second-order valence-electron chi connectivity index (χ2n) is 4.23. The van der Waals surface area contributed by atoms with Gasteiger partial charge in [0.05, 0.1) is 19.3 Å². The van der Waals surface area contributed by atoms with Gasteiger partial charge in [-0.15, -0.1) is 0 Å². The Kier molecular flexibility index (Phi) is 5.65. The maximum absolute atomic E-state index is 11.5. The molecule has 4 heteroatoms. The van der Waals surface area contributed by atoms with Gasteiger partial charge in [0.15, 0.2) is 0 Å². The Balaban J connectivity index is 2.89. The summed E-state index contributed by atoms with van der Waals surface area (Å²) in [6.45, 7) is 4.73. The summed E-state index contributed by atoms with van der Waals surface area (Å²) in [5.41, 5.74) is 2.59. The van der Waals surface area contributed by atoms with Crippen molar-refractivity contribution in [3.8, 4) is 0 Å². The zero-order valence-corrected chi connectivity index (χ0v) is 11.4. The predicted molar refractivity (Wildman–Crippen MR) is 72.1 cm³/mol. The quantitative estimate of drug-likeness (QED) is 0.789. The lowest BCUT2D eigenvalue weighted by atomic mass is 10.1. The third kappa shape index (κ3) is 3.74. The van der Waals surface area contributed by atoms with Crippen molar-refractivity contribution in [1.29, 1.82) is 0 Å². The van der Waals surface area contributed by atoms with Crippen molar-refractivity contribution in [1.82, 2.24) is 0 Å². The maximum Gasteiger partial charge on any atom is 0.337 e. The molecule has 0 bridgehead atoms. The fourth-order valence-corrected chi connectivity index (χ4v) is 1.71. The van der Waals surface area contributed by atoms with Gasteiger partial charge in [0.2, 0.25) is 0 Å². The van der Waals surface area contributed by atoms with Crippen molar-refractivity contribution in [2.45, 2.75) is 26.3 Å². The van der Waals surface area contributed by atoms with Gasteiger partial charge < -0.3 is 14.8 Å². The summed E-state index contributed by atoms with van der Waals surface area (Å²) in [7, 11) is 3.07. The lowest BCUT2D eigenvalue weighted by Crippen LogP contribution is -2.24. The molecule has 1 unspecified atom stereocenters. The van der Waals surface area contributed by atoms with E-state index in [0.717, 1.165) is 17.7 Å². The number of carbonyl (C=O) groups excluding carboxylic acids is 1. The lowest BCUT2D eigenvalue weighted by Gasteiger charge is -2.19. The van der Waals surface area contributed by atoms with Crippen LogP contribution in [0.1, 0.15) is 29.3 Å². The van der Waals surface area contributed by atoms with Gasteiger partial charge in [-0.05, 0) is 31.0 Å². The summed E-state index contributed by atoms with van der Waals surface area (Å²) in [6, 6.07) is 5.73. The molecule has 0 saturated carbocycles. The average molecular weight is 251 g/mol. The molecule has 1 atom stereocenters. The smallest absolute Gasteiger partial charge is 0.337 e. The van der Waals surface area contributed by atoms with E-state index in [4.69, 9.17) is 9.47 Å². The summed E-state index contributed by atoms with van der Waals surface area (Å²) >= 11 is 0. The molecule has 100 valence electrons. The van der Waals surface area contributed by atoms with Crippen molar-refractivity contribution >= 4 is 11.7 Å². The third-order valence-corrected chi connectivity index (χ3v) is 2.88. The van der Waals surface area contributed by atoms with E-state index in [1.165, 1.54) is 7.11 Å². The largest absolute Gasteiger partial charge is 0.465 e. The van der Waals surface area contributed by atoms with Gasteiger partial charge in [-0.3, -0.25) is 0 Å². The van der Waals surface area contributed by atoms with Gasteiger partial charge in [-0.25, -0.2) is 4.79 Å². The Bertz CT molecular complexity index is 404. The molecule has 1 aromatic carbocycles. The van der Waals surface area contributed by atoms with Crippen molar-refractivity contribution in [3.05, 3.63) is 29.3 Å². The molecule has 0 heterocycles. The van der Waals surface area contributed by atoms with Crippen LogP contribution in [0.4, 0.5) is 5.69 Å². The van der Waals surface area contributed by atoms with E-state index >= 15 is 0 Å². The summed E-state index contributed by atoms with van der Waals surface area (Å²) in [6.07, 6.45) is 0.954. The number of carbonyl (C=O) groups is 1. The van der Waals surface area contributed by atoms with Gasteiger partial charge in [0, 0.05) is 18.8 Å². The molecule has 0 radical (unpaired) electrons. The minimum Gasteiger partial charge on any atom is -0.465 e. The van der Waals surface area contributed by atoms with Crippen LogP contribution in [0, 0.1) is 6.92 Å². The molecule has 0 saturated heterocycles. The predicted octanol–water partition coefficient (Wildman–Crippen LogP) is 2.62. The Morgan fingerprint density at radius 2 is 2.11 bits per heavy atom. The van der Waals surface area contributed by atoms with E-state index in [2.05, 4.69) is 12.2 Å². The van der Waals surface area contributed by atoms with Crippen molar-refractivity contribution in [2.24, 2.45) is 0 Å². The van der Waals surface area contributed by atoms with Gasteiger partial charge >= 0.3 is 5.97 Å². The number of hydrogen-bond donors (Lipinski definition) is 1. The minimum atomic E-state index is -0.321. The van der Waals surface area contributed by atoms with E-state index in [9.17, 15) is 4.79 Å². The third-order valence-electron chi connectivity index (χ3n) is 2.88. The van der Waals surface area contributed by atoms with Crippen LogP contribution in [0.25, 0.3) is 0 Å². The SMILES string of the molecule is CCC(COC)Nc1cc(C(=O)OC)ccc1C. The highest BCUT2D eigenvalue weighted by Crippen LogP contribution is 2.19. The number of rotatable bonds is 6. The first-order chi connectivity index (χ1) is 8.62. The molecule has 0 aromatic heterocycles. The molecule has 0 spiro atoms. The highest BCUT2D eigenvalue weighted by Gasteiger charge is 2.11. The Morgan fingerprint density at radius 1 is 1.39 bits per heavy atom. The van der Waals surface area contributed by atoms with Crippen LogP contribution in [0.5, 0.6) is 0 Å². The van der Waals surface area contributed by atoms with Crippen LogP contribution >= 0.6 is 0 Å². The van der Waals surface area contributed by atoms with Crippen LogP contribution in [-0.2, 0) is 9.47 Å². The van der Waals surface area contributed by atoms with Gasteiger partial charge in [-0.1, -0.05) is 13.0 Å². The van der Waals surface area contributed by atoms with Gasteiger partial charge in [-0.2, -0.15) is 0 Å². The number of hydrogen-bond acceptors (Lipinski definition) is 4. The molecule has 1 rings (SSSR count). The number of esters is 1. The summed E-state index contributed by atoms with van der Waals surface area (Å²) < 4.78 is 9.87. The fourth-order valence-electron chi connectivity index (χ4n) is 1.71. The van der Waals surface area contributed by atoms with Crippen molar-refractivity contribution in [2.75, 3.05) is 26.1 Å². The molecule has 0 aliphatic rings. The molecule has 1 N–H and O–H groups in total. The number of benzene rings is 1. The summed E-state index contributed by atoms with van der Waals surface area (Å²) in [5, 5.41) is 3.38. The van der Waals surface area contributed by atoms with E-state index in [0.29, 0.717) is 12.2 Å². The standard InChI is InChI=1S/C14H21NO3/c1-5-12(9-17-3)15-13-8-11(14(16)18-4)7-6-10(13)2/h6-8,12,15H,5,9H2,1-4H3. The van der Waals surface area contributed by atoms with Crippen LogP contribution < -0.4 is 5.32 Å². The van der Waals surface area contributed by atoms with Gasteiger partial charge in [0.1, 0.15) is 0 Å². The summed E-state index contributed by atoms with van der Waals surface area (Å²) in [5.74, 6) is -0.321. The number of methoxy groups -OCH3 is 2. The maximum atomic E-state index is 11.5. The Hall–Kier alpha value is -1.55. The van der Waals surface area contributed by atoms with Crippen molar-refractivity contribution in [3.63, 3.8) is 0 Å². The number of ether oxygens (including phenoxy) is 2. The Labute approximate surface area is 108 Å². The highest BCUT2D eigenvalue weighted by molar-refractivity contribution is 5.90. The zero-order chi connectivity index (χ0) is 13.5. The lowest BCUT2D eigenvalue weighted by molar-refractivity contribution is 0.0601. The van der Waals surface area contributed by atoms with Crippen LogP contribution in [0.15, 0.2) is 18.2 Å². The molecule has 0 aliphatic heterocycles. The van der Waals surface area contributed by atoms with E-state index in [1.807, 2.05) is 19.1 Å². The van der Waals surface area contributed by atoms with Gasteiger partial charge in [0.25, 0.3) is 0 Å². The molecule has 18 heavy (non-hydrogen) atoms. The second kappa shape index (κ2) is 7.01. The van der Waals surface area contributed by atoms with Crippen LogP contribution in [-0.4, -0.2) is 32.8 Å². The first-order valence-electron chi connectivity index (χ1n) is 6.06. The molecule has 0 aliphatic carbocycles. The molecule has 0 fully saturated rings. The first kappa shape index (κ1) is 14.5. The number of nitrogens with one attached hydrogen (secondary N) is 1. The monoisotopic (exact) mass is 251 g/mol. The summed E-state index contributed by atoms with van der Waals surface area (Å²) in [4.78, 5) is 11.5. The van der Waals surface area contributed by atoms with Crippen LogP contribution in [0.2, 0.25) is 0 Å². The normalized spacial score (nSPS) is 12.0. The molecule has 0 amide bonds. The fraction of sp³-hybridized carbons (Fsp3) is 0.500. The average Bonchev–Trinajstić information content (AvgIpc) is 2.39. The van der Waals surface area contributed by atoms with Crippen molar-refractivity contribution < 1.29 is 14.3 Å². The van der Waals surface area contributed by atoms with Crippen LogP contribution in [0.3, 0.4) is 0 Å². The number of anilines is 1. The number of aryl methyl sites for hydroxylation is 1. The first-order valence-corrected chi connectivity index (χ1v) is 6.06. The second-order valence-corrected chi connectivity index (χ2v) is 4.23. The topological polar surface area (TPSA) is 47.6 Å².